The zero-order chi connectivity index (χ0) is 11.4. The van der Waals surface area contributed by atoms with Crippen LogP contribution in [0.25, 0.3) is 5.57 Å². The molecular formula is C13H12OS2. The number of carbonyl (C=O) groups excluding carboxylic acids is 1. The van der Waals surface area contributed by atoms with Gasteiger partial charge < -0.3 is 0 Å². The van der Waals surface area contributed by atoms with Crippen LogP contribution in [-0.4, -0.2) is 18.3 Å². The molecule has 0 N–H and O–H groups in total. The Morgan fingerprint density at radius 3 is 2.69 bits per heavy atom. The summed E-state index contributed by atoms with van der Waals surface area (Å²) in [6, 6.07) is 10.2. The Labute approximate surface area is 104 Å². The molecule has 1 aromatic carbocycles. The van der Waals surface area contributed by atoms with Crippen molar-refractivity contribution in [2.75, 3.05) is 12.0 Å². The first-order valence-electron chi connectivity index (χ1n) is 4.97. The third-order valence-corrected chi connectivity index (χ3v) is 4.75. The lowest BCUT2D eigenvalue weighted by atomic mass is 10.1. The van der Waals surface area contributed by atoms with Gasteiger partial charge in [0, 0.05) is 21.1 Å². The molecule has 0 fully saturated rings. The second-order valence-corrected chi connectivity index (χ2v) is 5.46. The number of benzene rings is 1. The highest BCUT2D eigenvalue weighted by Gasteiger charge is 2.14. The quantitative estimate of drug-likeness (QED) is 0.761. The molecule has 0 saturated heterocycles. The fourth-order valence-corrected chi connectivity index (χ4v) is 3.39. The number of carbonyl (C=O) groups is 1. The predicted octanol–water partition coefficient (Wildman–Crippen LogP) is 3.59. The van der Waals surface area contributed by atoms with Crippen LogP contribution in [0.3, 0.4) is 0 Å². The van der Waals surface area contributed by atoms with E-state index in [-0.39, 0.29) is 0 Å². The van der Waals surface area contributed by atoms with E-state index in [9.17, 15) is 4.79 Å². The summed E-state index contributed by atoms with van der Waals surface area (Å²) in [5.41, 5.74) is 3.21. The van der Waals surface area contributed by atoms with Gasteiger partial charge in [0.25, 0.3) is 0 Å². The van der Waals surface area contributed by atoms with Gasteiger partial charge in [-0.2, -0.15) is 0 Å². The highest BCUT2D eigenvalue weighted by Crippen LogP contribution is 2.39. The summed E-state index contributed by atoms with van der Waals surface area (Å²) in [6.45, 7) is 0. The maximum atomic E-state index is 10.8. The standard InChI is InChI=1S/C13H12OS2/c1-15-13-12(7-10(8-14)9-16-13)11-5-3-2-4-6-11/h2-8H,9H2,1H3. The van der Waals surface area contributed by atoms with Crippen LogP contribution >= 0.6 is 23.5 Å². The van der Waals surface area contributed by atoms with Gasteiger partial charge in [-0.1, -0.05) is 30.3 Å². The molecule has 1 heterocycles. The highest BCUT2D eigenvalue weighted by molar-refractivity contribution is 8.22. The maximum Gasteiger partial charge on any atom is 0.146 e. The molecule has 1 nitrogen and oxygen atoms in total. The zero-order valence-corrected chi connectivity index (χ0v) is 10.6. The number of allylic oxidation sites excluding steroid dienone is 2. The zero-order valence-electron chi connectivity index (χ0n) is 8.97. The van der Waals surface area contributed by atoms with Crippen molar-refractivity contribution in [3.05, 3.63) is 51.8 Å². The van der Waals surface area contributed by atoms with E-state index in [2.05, 4.69) is 18.4 Å². The van der Waals surface area contributed by atoms with Gasteiger partial charge in [-0.3, -0.25) is 4.79 Å². The van der Waals surface area contributed by atoms with Crippen molar-refractivity contribution < 1.29 is 4.79 Å². The normalized spacial score (nSPS) is 15.9. The van der Waals surface area contributed by atoms with E-state index in [4.69, 9.17) is 0 Å². The highest BCUT2D eigenvalue weighted by atomic mass is 32.2. The minimum absolute atomic E-state index is 0.788. The fraction of sp³-hybridized carbons (Fsp3) is 0.154. The Balaban J connectivity index is 2.46. The summed E-state index contributed by atoms with van der Waals surface area (Å²) in [7, 11) is 0. The number of hydrogen-bond donors (Lipinski definition) is 0. The second kappa shape index (κ2) is 5.41. The first-order valence-corrected chi connectivity index (χ1v) is 7.18. The number of hydrogen-bond acceptors (Lipinski definition) is 3. The van der Waals surface area contributed by atoms with E-state index in [0.29, 0.717) is 0 Å². The second-order valence-electron chi connectivity index (χ2n) is 3.40. The van der Waals surface area contributed by atoms with Gasteiger partial charge in [-0.25, -0.2) is 0 Å². The average molecular weight is 248 g/mol. The fourth-order valence-electron chi connectivity index (χ4n) is 1.57. The Hall–Kier alpha value is -0.930. The van der Waals surface area contributed by atoms with Crippen molar-refractivity contribution in [3.63, 3.8) is 0 Å². The summed E-state index contributed by atoms with van der Waals surface area (Å²) >= 11 is 3.49. The van der Waals surface area contributed by atoms with E-state index < -0.39 is 0 Å². The Morgan fingerprint density at radius 2 is 2.06 bits per heavy atom. The largest absolute Gasteiger partial charge is 0.298 e. The molecule has 0 unspecified atom stereocenters. The third-order valence-electron chi connectivity index (χ3n) is 2.34. The molecule has 82 valence electrons. The van der Waals surface area contributed by atoms with Crippen molar-refractivity contribution in [1.82, 2.24) is 0 Å². The number of thioether (sulfide) groups is 2. The number of aldehydes is 1. The number of rotatable bonds is 3. The monoisotopic (exact) mass is 248 g/mol. The van der Waals surface area contributed by atoms with Crippen molar-refractivity contribution >= 4 is 35.4 Å². The van der Waals surface area contributed by atoms with Gasteiger partial charge in [-0.05, 0) is 17.9 Å². The van der Waals surface area contributed by atoms with Crippen molar-refractivity contribution in [2.45, 2.75) is 0 Å². The summed E-state index contributed by atoms with van der Waals surface area (Å²) in [5, 5.41) is 0. The topological polar surface area (TPSA) is 17.1 Å². The van der Waals surface area contributed by atoms with Crippen LogP contribution in [0.4, 0.5) is 0 Å². The average Bonchev–Trinajstić information content (AvgIpc) is 2.39. The summed E-state index contributed by atoms with van der Waals surface area (Å²) in [6.07, 6.45) is 5.03. The van der Waals surface area contributed by atoms with E-state index in [1.807, 2.05) is 24.3 Å². The van der Waals surface area contributed by atoms with E-state index in [1.54, 1.807) is 23.5 Å². The molecular weight excluding hydrogens is 236 g/mol. The Bertz CT molecular complexity index is 446. The molecule has 0 amide bonds. The summed E-state index contributed by atoms with van der Waals surface area (Å²) < 4.78 is 1.29. The molecule has 2 rings (SSSR count). The third kappa shape index (κ3) is 2.42. The van der Waals surface area contributed by atoms with Gasteiger partial charge in [-0.15, -0.1) is 23.5 Å². The minimum atomic E-state index is 0.788. The molecule has 1 aliphatic heterocycles. The SMILES string of the molecule is CSC1=C(c2ccccc2)C=C(C=O)CS1. The predicted molar refractivity (Wildman–Crippen MR) is 73.5 cm³/mol. The van der Waals surface area contributed by atoms with E-state index >= 15 is 0 Å². The van der Waals surface area contributed by atoms with Crippen LogP contribution in [0.15, 0.2) is 46.2 Å². The molecule has 0 aromatic heterocycles. The molecule has 3 heteroatoms. The van der Waals surface area contributed by atoms with Crippen LogP contribution in [0.1, 0.15) is 5.56 Å². The summed E-state index contributed by atoms with van der Waals surface area (Å²) in [5.74, 6) is 0.788. The lowest BCUT2D eigenvalue weighted by molar-refractivity contribution is -0.104. The molecule has 0 saturated carbocycles. The first kappa shape index (κ1) is 11.6. The van der Waals surface area contributed by atoms with Crippen LogP contribution in [0, 0.1) is 0 Å². The van der Waals surface area contributed by atoms with Crippen LogP contribution < -0.4 is 0 Å². The molecule has 0 aliphatic carbocycles. The minimum Gasteiger partial charge on any atom is -0.298 e. The maximum absolute atomic E-state index is 10.8. The van der Waals surface area contributed by atoms with Gasteiger partial charge >= 0.3 is 0 Å². The smallest absolute Gasteiger partial charge is 0.146 e. The van der Waals surface area contributed by atoms with Gasteiger partial charge in [0.15, 0.2) is 0 Å². The molecule has 1 aliphatic rings. The van der Waals surface area contributed by atoms with Crippen molar-refractivity contribution in [3.8, 4) is 0 Å². The molecule has 0 bridgehead atoms. The van der Waals surface area contributed by atoms with Crippen LogP contribution in [-0.2, 0) is 4.79 Å². The first-order chi connectivity index (χ1) is 7.85. The Morgan fingerprint density at radius 1 is 1.31 bits per heavy atom. The lowest BCUT2D eigenvalue weighted by Crippen LogP contribution is -1.98. The molecule has 0 atom stereocenters. The van der Waals surface area contributed by atoms with Crippen LogP contribution in [0.5, 0.6) is 0 Å². The van der Waals surface area contributed by atoms with Gasteiger partial charge in [0.2, 0.25) is 0 Å². The molecule has 0 radical (unpaired) electrons. The molecule has 16 heavy (non-hydrogen) atoms. The summed E-state index contributed by atoms with van der Waals surface area (Å²) in [4.78, 5) is 10.8. The van der Waals surface area contributed by atoms with Crippen LogP contribution in [0.2, 0.25) is 0 Å². The Kier molecular flexibility index (Phi) is 3.91. The van der Waals surface area contributed by atoms with E-state index in [0.717, 1.165) is 17.6 Å². The molecule has 0 spiro atoms. The van der Waals surface area contributed by atoms with Crippen molar-refractivity contribution in [2.24, 2.45) is 0 Å². The van der Waals surface area contributed by atoms with E-state index in [1.165, 1.54) is 15.4 Å². The van der Waals surface area contributed by atoms with Gasteiger partial charge in [0.1, 0.15) is 6.29 Å². The van der Waals surface area contributed by atoms with Gasteiger partial charge in [0.05, 0.1) is 0 Å². The lowest BCUT2D eigenvalue weighted by Gasteiger charge is -2.16. The van der Waals surface area contributed by atoms with Crippen molar-refractivity contribution in [1.29, 1.82) is 0 Å². The molecule has 1 aromatic rings.